The molecule has 2 aromatic carbocycles. The van der Waals surface area contributed by atoms with Crippen molar-refractivity contribution in [3.63, 3.8) is 0 Å². The summed E-state index contributed by atoms with van der Waals surface area (Å²) in [5, 5.41) is 0. The van der Waals surface area contributed by atoms with Gasteiger partial charge >= 0.3 is 5.97 Å². The first-order chi connectivity index (χ1) is 11.6. The Balaban J connectivity index is 1.99. The molecule has 2 aromatic rings. The summed E-state index contributed by atoms with van der Waals surface area (Å²) in [6.07, 6.45) is 0.863. The molecule has 2 unspecified atom stereocenters. The molecule has 0 saturated heterocycles. The van der Waals surface area contributed by atoms with Gasteiger partial charge in [0.05, 0.1) is 19.6 Å². The molecule has 124 valence electrons. The van der Waals surface area contributed by atoms with E-state index in [9.17, 15) is 9.59 Å². The number of carbonyl (C=O) groups excluding carboxylic acids is 2. The highest BCUT2D eigenvalue weighted by molar-refractivity contribution is 5.97. The van der Waals surface area contributed by atoms with Crippen molar-refractivity contribution in [3.05, 3.63) is 71.3 Å². The van der Waals surface area contributed by atoms with E-state index in [2.05, 4.69) is 0 Å². The van der Waals surface area contributed by atoms with Crippen LogP contribution in [0.4, 0.5) is 0 Å². The van der Waals surface area contributed by atoms with Gasteiger partial charge in [0.1, 0.15) is 0 Å². The molecular formula is C20H21NO3. The van der Waals surface area contributed by atoms with Crippen molar-refractivity contribution in [1.82, 2.24) is 4.90 Å². The van der Waals surface area contributed by atoms with Crippen LogP contribution in [0.1, 0.15) is 40.9 Å². The van der Waals surface area contributed by atoms with Gasteiger partial charge in [0.15, 0.2) is 0 Å². The molecule has 1 amide bonds. The highest BCUT2D eigenvalue weighted by Crippen LogP contribution is 2.32. The third-order valence-electron chi connectivity index (χ3n) is 4.66. The third kappa shape index (κ3) is 3.04. The lowest BCUT2D eigenvalue weighted by molar-refractivity contribution is -0.142. The normalized spacial score (nSPS) is 18.0. The van der Waals surface area contributed by atoms with Gasteiger partial charge in [-0.1, -0.05) is 48.5 Å². The number of ether oxygens (including phenoxy) is 1. The van der Waals surface area contributed by atoms with Crippen LogP contribution < -0.4 is 0 Å². The second kappa shape index (κ2) is 6.87. The van der Waals surface area contributed by atoms with Crippen molar-refractivity contribution in [3.8, 4) is 0 Å². The number of carbonyl (C=O) groups is 2. The van der Waals surface area contributed by atoms with E-state index in [1.54, 1.807) is 0 Å². The minimum absolute atomic E-state index is 0.0258. The van der Waals surface area contributed by atoms with E-state index in [4.69, 9.17) is 4.74 Å². The molecule has 0 aliphatic carbocycles. The summed E-state index contributed by atoms with van der Waals surface area (Å²) < 4.78 is 4.83. The Kier molecular flexibility index (Phi) is 4.65. The zero-order valence-corrected chi connectivity index (χ0v) is 13.9. The minimum Gasteiger partial charge on any atom is -0.469 e. The van der Waals surface area contributed by atoms with Crippen LogP contribution in [-0.2, 0) is 16.0 Å². The molecule has 0 N–H and O–H groups in total. The number of amides is 1. The van der Waals surface area contributed by atoms with Crippen LogP contribution in [0.15, 0.2) is 54.6 Å². The van der Waals surface area contributed by atoms with Crippen molar-refractivity contribution in [1.29, 1.82) is 0 Å². The summed E-state index contributed by atoms with van der Waals surface area (Å²) in [6, 6.07) is 17.2. The number of fused-ring (bicyclic) bond motifs is 1. The van der Waals surface area contributed by atoms with Crippen molar-refractivity contribution >= 4 is 11.9 Å². The summed E-state index contributed by atoms with van der Waals surface area (Å²) >= 11 is 0. The molecule has 0 spiro atoms. The van der Waals surface area contributed by atoms with Crippen LogP contribution in [0.25, 0.3) is 0 Å². The van der Waals surface area contributed by atoms with Gasteiger partial charge in [0.25, 0.3) is 5.91 Å². The van der Waals surface area contributed by atoms with Gasteiger partial charge in [-0.15, -0.1) is 0 Å². The molecular weight excluding hydrogens is 302 g/mol. The molecule has 0 bridgehead atoms. The highest BCUT2D eigenvalue weighted by atomic mass is 16.5. The van der Waals surface area contributed by atoms with Crippen LogP contribution in [0, 0.1) is 0 Å². The lowest BCUT2D eigenvalue weighted by Gasteiger charge is -2.40. The van der Waals surface area contributed by atoms with Gasteiger partial charge in [0, 0.05) is 11.6 Å². The van der Waals surface area contributed by atoms with Gasteiger partial charge in [0.2, 0.25) is 0 Å². The fourth-order valence-electron chi connectivity index (χ4n) is 3.39. The van der Waals surface area contributed by atoms with E-state index >= 15 is 0 Å². The van der Waals surface area contributed by atoms with E-state index < -0.39 is 0 Å². The van der Waals surface area contributed by atoms with Crippen LogP contribution in [0.5, 0.6) is 0 Å². The Bertz CT molecular complexity index is 742. The molecule has 1 aliphatic rings. The maximum atomic E-state index is 13.1. The Labute approximate surface area is 142 Å². The quantitative estimate of drug-likeness (QED) is 0.810. The van der Waals surface area contributed by atoms with Gasteiger partial charge in [-0.2, -0.15) is 0 Å². The zero-order chi connectivity index (χ0) is 17.1. The number of hydrogen-bond donors (Lipinski definition) is 0. The smallest absolute Gasteiger partial charge is 0.307 e. The van der Waals surface area contributed by atoms with E-state index in [0.29, 0.717) is 6.42 Å². The minimum atomic E-state index is -0.294. The SMILES string of the molecule is COC(=O)CC1Cc2ccccc2C(=O)N1C(C)c1ccccc1. The summed E-state index contributed by atoms with van der Waals surface area (Å²) in [4.78, 5) is 26.8. The summed E-state index contributed by atoms with van der Waals surface area (Å²) in [6.45, 7) is 2.01. The average molecular weight is 323 g/mol. The van der Waals surface area contributed by atoms with Crippen molar-refractivity contribution in [2.24, 2.45) is 0 Å². The van der Waals surface area contributed by atoms with Gasteiger partial charge in [-0.05, 0) is 30.5 Å². The lowest BCUT2D eigenvalue weighted by atomic mass is 9.89. The van der Waals surface area contributed by atoms with Crippen molar-refractivity contribution in [2.45, 2.75) is 31.8 Å². The van der Waals surface area contributed by atoms with Gasteiger partial charge in [-0.25, -0.2) is 0 Å². The number of esters is 1. The molecule has 4 heteroatoms. The average Bonchev–Trinajstić information content (AvgIpc) is 2.62. The first kappa shape index (κ1) is 16.2. The first-order valence-electron chi connectivity index (χ1n) is 8.14. The monoisotopic (exact) mass is 323 g/mol. The van der Waals surface area contributed by atoms with Crippen LogP contribution >= 0.6 is 0 Å². The number of rotatable bonds is 4. The highest BCUT2D eigenvalue weighted by Gasteiger charge is 2.36. The molecule has 1 heterocycles. The Hall–Kier alpha value is -2.62. The van der Waals surface area contributed by atoms with Gasteiger partial charge in [-0.3, -0.25) is 9.59 Å². The Morgan fingerprint density at radius 2 is 1.83 bits per heavy atom. The van der Waals surface area contributed by atoms with Crippen molar-refractivity contribution < 1.29 is 14.3 Å². The van der Waals surface area contributed by atoms with Crippen LogP contribution in [0.3, 0.4) is 0 Å². The van der Waals surface area contributed by atoms with E-state index in [1.807, 2.05) is 66.4 Å². The standard InChI is InChI=1S/C20H21NO3/c1-14(15-8-4-3-5-9-15)21-17(13-19(22)24-2)12-16-10-6-7-11-18(16)20(21)23/h3-11,14,17H,12-13H2,1-2H3. The number of methoxy groups -OCH3 is 1. The Morgan fingerprint density at radius 3 is 2.54 bits per heavy atom. The van der Waals surface area contributed by atoms with Crippen molar-refractivity contribution in [2.75, 3.05) is 7.11 Å². The molecule has 4 nitrogen and oxygen atoms in total. The largest absolute Gasteiger partial charge is 0.469 e. The van der Waals surface area contributed by atoms with E-state index in [1.165, 1.54) is 7.11 Å². The Morgan fingerprint density at radius 1 is 1.17 bits per heavy atom. The molecule has 3 rings (SSSR count). The predicted octanol–water partition coefficient (Wildman–Crippen LogP) is 3.38. The lowest BCUT2D eigenvalue weighted by Crippen LogP contribution is -2.48. The van der Waals surface area contributed by atoms with Crippen LogP contribution in [-0.4, -0.2) is 29.9 Å². The van der Waals surface area contributed by atoms with Crippen LogP contribution in [0.2, 0.25) is 0 Å². The molecule has 1 aliphatic heterocycles. The molecule has 24 heavy (non-hydrogen) atoms. The number of nitrogens with zero attached hydrogens (tertiary/aromatic N) is 1. The second-order valence-electron chi connectivity index (χ2n) is 6.09. The fraction of sp³-hybridized carbons (Fsp3) is 0.300. The molecule has 2 atom stereocenters. The first-order valence-corrected chi connectivity index (χ1v) is 8.14. The molecule has 0 fully saturated rings. The zero-order valence-electron chi connectivity index (χ0n) is 13.9. The maximum Gasteiger partial charge on any atom is 0.307 e. The molecule has 0 saturated carbocycles. The summed E-state index contributed by atoms with van der Waals surface area (Å²) in [5.74, 6) is -0.320. The number of benzene rings is 2. The third-order valence-corrected chi connectivity index (χ3v) is 4.66. The van der Waals surface area contributed by atoms with Gasteiger partial charge < -0.3 is 9.64 Å². The fourth-order valence-corrected chi connectivity index (χ4v) is 3.39. The van der Waals surface area contributed by atoms with E-state index in [-0.39, 0.29) is 30.4 Å². The number of hydrogen-bond acceptors (Lipinski definition) is 3. The summed E-state index contributed by atoms with van der Waals surface area (Å²) in [7, 11) is 1.38. The summed E-state index contributed by atoms with van der Waals surface area (Å²) in [5.41, 5.74) is 2.77. The topological polar surface area (TPSA) is 46.6 Å². The maximum absolute atomic E-state index is 13.1. The molecule has 0 aromatic heterocycles. The molecule has 0 radical (unpaired) electrons. The second-order valence-corrected chi connectivity index (χ2v) is 6.09. The predicted molar refractivity (Wildman–Crippen MR) is 91.6 cm³/mol. The van der Waals surface area contributed by atoms with E-state index in [0.717, 1.165) is 16.7 Å².